The Balaban J connectivity index is 1.56. The average Bonchev–Trinajstić information content (AvgIpc) is 3.32. The van der Waals surface area contributed by atoms with Crippen LogP contribution in [0.25, 0.3) is 11.0 Å². The number of carbonyl (C=O) groups excluding carboxylic acids is 1. The summed E-state index contributed by atoms with van der Waals surface area (Å²) in [5.41, 5.74) is 1.93. The molecule has 3 aromatic rings. The number of hydrogen-bond donors (Lipinski definition) is 1. The molecule has 1 aliphatic heterocycles. The number of nitrogens with zero attached hydrogens (tertiary/aromatic N) is 6. The fourth-order valence-electron chi connectivity index (χ4n) is 3.44. The molecular formula is C17H21N7O. The number of carbonyl (C=O) groups is 1. The normalized spacial score (nSPS) is 17.7. The maximum Gasteiger partial charge on any atom is 0.245 e. The second-order valence-electron chi connectivity index (χ2n) is 6.73. The summed E-state index contributed by atoms with van der Waals surface area (Å²) in [7, 11) is 0. The molecule has 1 N–H and O–H groups in total. The standard InChI is InChI=1S/C17H21N7O/c1-11(2)17-20-21-22-24(17)10-15(25)23-9-5-8-14(23)16-18-12-6-3-4-7-13(12)19-16/h3-4,6-7,11,14H,5,8-10H2,1-2H3,(H,18,19)/t14-/m0/s1. The van der Waals surface area contributed by atoms with E-state index in [9.17, 15) is 4.79 Å². The lowest BCUT2D eigenvalue weighted by Gasteiger charge is -2.23. The van der Waals surface area contributed by atoms with Gasteiger partial charge in [-0.2, -0.15) is 0 Å². The zero-order valence-electron chi connectivity index (χ0n) is 14.4. The molecule has 8 nitrogen and oxygen atoms in total. The summed E-state index contributed by atoms with van der Waals surface area (Å²) in [6, 6.07) is 7.91. The summed E-state index contributed by atoms with van der Waals surface area (Å²) in [6.07, 6.45) is 1.89. The molecule has 130 valence electrons. The van der Waals surface area contributed by atoms with E-state index >= 15 is 0 Å². The van der Waals surface area contributed by atoms with Gasteiger partial charge < -0.3 is 9.88 Å². The van der Waals surface area contributed by atoms with Crippen LogP contribution in [0.4, 0.5) is 0 Å². The number of aromatic nitrogens is 6. The maximum atomic E-state index is 12.9. The largest absolute Gasteiger partial charge is 0.340 e. The fraction of sp³-hybridized carbons (Fsp3) is 0.471. The van der Waals surface area contributed by atoms with Crippen molar-refractivity contribution < 1.29 is 4.79 Å². The van der Waals surface area contributed by atoms with E-state index in [0.29, 0.717) is 0 Å². The minimum Gasteiger partial charge on any atom is -0.340 e. The topological polar surface area (TPSA) is 92.6 Å². The number of imidazole rings is 1. The van der Waals surface area contributed by atoms with Crippen molar-refractivity contribution in [3.8, 4) is 0 Å². The lowest BCUT2D eigenvalue weighted by atomic mass is 10.2. The van der Waals surface area contributed by atoms with E-state index in [1.54, 1.807) is 4.68 Å². The first-order chi connectivity index (χ1) is 12.1. The van der Waals surface area contributed by atoms with Gasteiger partial charge in [-0.1, -0.05) is 26.0 Å². The number of nitrogens with one attached hydrogen (secondary N) is 1. The average molecular weight is 339 g/mol. The minimum atomic E-state index is -0.0149. The molecule has 3 heterocycles. The van der Waals surface area contributed by atoms with Crippen LogP contribution in [-0.4, -0.2) is 47.5 Å². The molecule has 8 heteroatoms. The van der Waals surface area contributed by atoms with Crippen LogP contribution < -0.4 is 0 Å². The molecule has 0 unspecified atom stereocenters. The first-order valence-corrected chi connectivity index (χ1v) is 8.63. The summed E-state index contributed by atoms with van der Waals surface area (Å²) in [4.78, 5) is 22.8. The molecule has 1 aromatic carbocycles. The van der Waals surface area contributed by atoms with E-state index in [1.807, 2.05) is 43.0 Å². The number of aromatic amines is 1. The van der Waals surface area contributed by atoms with Crippen molar-refractivity contribution in [1.82, 2.24) is 35.1 Å². The number of H-pyrrole nitrogens is 1. The zero-order valence-corrected chi connectivity index (χ0v) is 14.4. The molecule has 1 fully saturated rings. The Kier molecular flexibility index (Phi) is 3.95. The second kappa shape index (κ2) is 6.27. The van der Waals surface area contributed by atoms with E-state index in [0.717, 1.165) is 42.1 Å². The minimum absolute atomic E-state index is 0.0149. The molecule has 1 aliphatic rings. The molecule has 1 amide bonds. The zero-order chi connectivity index (χ0) is 17.4. The summed E-state index contributed by atoms with van der Waals surface area (Å²) < 4.78 is 1.60. The van der Waals surface area contributed by atoms with Gasteiger partial charge in [0.15, 0.2) is 5.82 Å². The van der Waals surface area contributed by atoms with Crippen LogP contribution in [0.15, 0.2) is 24.3 Å². The van der Waals surface area contributed by atoms with Crippen molar-refractivity contribution in [1.29, 1.82) is 0 Å². The van der Waals surface area contributed by atoms with Gasteiger partial charge in [-0.25, -0.2) is 9.67 Å². The van der Waals surface area contributed by atoms with Crippen molar-refractivity contribution in [3.05, 3.63) is 35.9 Å². The van der Waals surface area contributed by atoms with E-state index < -0.39 is 0 Å². The molecule has 0 aliphatic carbocycles. The Bertz CT molecular complexity index is 864. The van der Waals surface area contributed by atoms with Gasteiger partial charge in [0.2, 0.25) is 5.91 Å². The Morgan fingerprint density at radius 2 is 2.20 bits per heavy atom. The molecule has 1 saturated heterocycles. The van der Waals surface area contributed by atoms with E-state index in [4.69, 9.17) is 0 Å². The molecule has 0 spiro atoms. The van der Waals surface area contributed by atoms with Gasteiger partial charge >= 0.3 is 0 Å². The first-order valence-electron chi connectivity index (χ1n) is 8.63. The lowest BCUT2D eigenvalue weighted by Crippen LogP contribution is -2.34. The van der Waals surface area contributed by atoms with E-state index in [-0.39, 0.29) is 24.4 Å². The molecule has 0 saturated carbocycles. The number of rotatable bonds is 4. The van der Waals surface area contributed by atoms with Gasteiger partial charge in [-0.05, 0) is 35.4 Å². The van der Waals surface area contributed by atoms with Crippen LogP contribution in [0.2, 0.25) is 0 Å². The third-order valence-corrected chi connectivity index (χ3v) is 4.66. The van der Waals surface area contributed by atoms with Gasteiger partial charge in [-0.3, -0.25) is 4.79 Å². The monoisotopic (exact) mass is 339 g/mol. The van der Waals surface area contributed by atoms with Crippen molar-refractivity contribution in [2.24, 2.45) is 0 Å². The predicted octanol–water partition coefficient (Wildman–Crippen LogP) is 2.04. The third-order valence-electron chi connectivity index (χ3n) is 4.66. The highest BCUT2D eigenvalue weighted by molar-refractivity contribution is 5.78. The highest BCUT2D eigenvalue weighted by Gasteiger charge is 2.32. The van der Waals surface area contributed by atoms with E-state index in [1.165, 1.54) is 0 Å². The maximum absolute atomic E-state index is 12.9. The lowest BCUT2D eigenvalue weighted by molar-refractivity contribution is -0.133. The SMILES string of the molecule is CC(C)c1nnnn1CC(=O)N1CCC[C@H]1c1nc2ccccc2[nH]1. The van der Waals surface area contributed by atoms with Crippen molar-refractivity contribution in [2.75, 3.05) is 6.54 Å². The number of tetrazole rings is 1. The van der Waals surface area contributed by atoms with Crippen molar-refractivity contribution in [3.63, 3.8) is 0 Å². The second-order valence-corrected chi connectivity index (χ2v) is 6.73. The van der Waals surface area contributed by atoms with Crippen LogP contribution in [0.3, 0.4) is 0 Å². The number of para-hydroxylation sites is 2. The molecule has 0 radical (unpaired) electrons. The molecule has 25 heavy (non-hydrogen) atoms. The van der Waals surface area contributed by atoms with Gasteiger partial charge in [0, 0.05) is 12.5 Å². The Labute approximate surface area is 145 Å². The van der Waals surface area contributed by atoms with Crippen LogP contribution in [0.1, 0.15) is 50.3 Å². The van der Waals surface area contributed by atoms with Crippen LogP contribution in [0.5, 0.6) is 0 Å². The van der Waals surface area contributed by atoms with Gasteiger partial charge in [0.1, 0.15) is 12.4 Å². The van der Waals surface area contributed by atoms with Crippen LogP contribution in [-0.2, 0) is 11.3 Å². The predicted molar refractivity (Wildman–Crippen MR) is 91.7 cm³/mol. The molecule has 4 rings (SSSR count). The Hall–Kier alpha value is -2.77. The third kappa shape index (κ3) is 2.88. The fourth-order valence-corrected chi connectivity index (χ4v) is 3.44. The Morgan fingerprint density at radius 3 is 3.00 bits per heavy atom. The van der Waals surface area contributed by atoms with Crippen LogP contribution in [0, 0.1) is 0 Å². The van der Waals surface area contributed by atoms with Crippen molar-refractivity contribution in [2.45, 2.75) is 45.2 Å². The molecular weight excluding hydrogens is 318 g/mol. The number of benzene rings is 1. The van der Waals surface area contributed by atoms with Gasteiger partial charge in [-0.15, -0.1) is 5.10 Å². The molecule has 1 atom stereocenters. The van der Waals surface area contributed by atoms with Crippen LogP contribution >= 0.6 is 0 Å². The van der Waals surface area contributed by atoms with Gasteiger partial charge in [0.25, 0.3) is 0 Å². The number of amides is 1. The summed E-state index contributed by atoms with van der Waals surface area (Å²) in [5, 5.41) is 11.7. The molecule has 2 aromatic heterocycles. The van der Waals surface area contributed by atoms with Gasteiger partial charge in [0.05, 0.1) is 17.1 Å². The quantitative estimate of drug-likeness (QED) is 0.785. The highest BCUT2D eigenvalue weighted by atomic mass is 16.2. The summed E-state index contributed by atoms with van der Waals surface area (Å²) in [6.45, 7) is 4.93. The number of fused-ring (bicyclic) bond motifs is 1. The smallest absolute Gasteiger partial charge is 0.245 e. The summed E-state index contributed by atoms with van der Waals surface area (Å²) >= 11 is 0. The number of likely N-dealkylation sites (tertiary alicyclic amines) is 1. The number of hydrogen-bond acceptors (Lipinski definition) is 5. The molecule has 0 bridgehead atoms. The Morgan fingerprint density at radius 1 is 1.36 bits per heavy atom. The summed E-state index contributed by atoms with van der Waals surface area (Å²) in [5.74, 6) is 1.78. The first kappa shape index (κ1) is 15.7. The highest BCUT2D eigenvalue weighted by Crippen LogP contribution is 2.31. The van der Waals surface area contributed by atoms with Crippen molar-refractivity contribution >= 4 is 16.9 Å². The van der Waals surface area contributed by atoms with E-state index in [2.05, 4.69) is 25.5 Å².